The number of anilines is 2. The van der Waals surface area contributed by atoms with Crippen LogP contribution in [0.4, 0.5) is 11.4 Å². The molecule has 0 aliphatic rings. The van der Waals surface area contributed by atoms with E-state index >= 15 is 0 Å². The normalized spacial score (nSPS) is 11.7. The molecule has 0 aromatic heterocycles. The third-order valence-electron chi connectivity index (χ3n) is 5.86. The van der Waals surface area contributed by atoms with Gasteiger partial charge in [0, 0.05) is 16.1 Å². The summed E-state index contributed by atoms with van der Waals surface area (Å²) >= 11 is 7.50. The number of hydrogen-bond donors (Lipinski definition) is 3. The first-order chi connectivity index (χ1) is 19.8. The predicted molar refractivity (Wildman–Crippen MR) is 165 cm³/mol. The molecule has 4 aromatic carbocycles. The average molecular weight is 586 g/mol. The molecular formula is C32H28ClN3O4S. The Morgan fingerprint density at radius 2 is 1.56 bits per heavy atom. The molecule has 9 heteroatoms. The van der Waals surface area contributed by atoms with E-state index in [1.54, 1.807) is 111 Å². The third kappa shape index (κ3) is 8.48. The minimum Gasteiger partial charge on any atom is -0.497 e. The van der Waals surface area contributed by atoms with Gasteiger partial charge in [0.05, 0.1) is 23.1 Å². The van der Waals surface area contributed by atoms with Gasteiger partial charge in [0.25, 0.3) is 11.8 Å². The second-order valence-electron chi connectivity index (χ2n) is 8.86. The summed E-state index contributed by atoms with van der Waals surface area (Å²) < 4.78 is 5.21. The molecule has 0 fully saturated rings. The second-order valence-corrected chi connectivity index (χ2v) is 10.7. The highest BCUT2D eigenvalue weighted by Crippen LogP contribution is 2.28. The lowest BCUT2D eigenvalue weighted by atomic mass is 10.1. The van der Waals surface area contributed by atoms with E-state index in [9.17, 15) is 14.4 Å². The van der Waals surface area contributed by atoms with Crippen LogP contribution in [0.2, 0.25) is 5.02 Å². The average Bonchev–Trinajstić information content (AvgIpc) is 2.99. The number of halogens is 1. The number of carbonyl (C=O) groups is 3. The first kappa shape index (κ1) is 29.5. The zero-order valence-electron chi connectivity index (χ0n) is 22.4. The summed E-state index contributed by atoms with van der Waals surface area (Å²) in [5.74, 6) is -0.448. The largest absolute Gasteiger partial charge is 0.497 e. The predicted octanol–water partition coefficient (Wildman–Crippen LogP) is 6.88. The van der Waals surface area contributed by atoms with Crippen LogP contribution in [-0.4, -0.2) is 30.1 Å². The number of nitrogens with one attached hydrogen (secondary N) is 3. The summed E-state index contributed by atoms with van der Waals surface area (Å²) in [4.78, 5) is 39.8. The number of rotatable bonds is 10. The summed E-state index contributed by atoms with van der Waals surface area (Å²) in [5.41, 5.74) is 2.24. The highest BCUT2D eigenvalue weighted by atomic mass is 35.5. The van der Waals surface area contributed by atoms with Crippen LogP contribution < -0.4 is 20.7 Å². The molecule has 41 heavy (non-hydrogen) atoms. The van der Waals surface area contributed by atoms with E-state index in [4.69, 9.17) is 16.3 Å². The zero-order chi connectivity index (χ0) is 29.2. The Balaban J connectivity index is 1.49. The van der Waals surface area contributed by atoms with Gasteiger partial charge in [-0.3, -0.25) is 14.4 Å². The van der Waals surface area contributed by atoms with Crippen molar-refractivity contribution in [3.05, 3.63) is 125 Å². The molecule has 0 saturated carbocycles. The number of carbonyl (C=O) groups excluding carboxylic acids is 3. The maximum atomic E-state index is 13.4. The van der Waals surface area contributed by atoms with Gasteiger partial charge in [0.1, 0.15) is 11.4 Å². The zero-order valence-corrected chi connectivity index (χ0v) is 24.0. The summed E-state index contributed by atoms with van der Waals surface area (Å²) in [6, 6.07) is 29.9. The quantitative estimate of drug-likeness (QED) is 0.139. The maximum Gasteiger partial charge on any atom is 0.272 e. The van der Waals surface area contributed by atoms with Crippen molar-refractivity contribution in [3.8, 4) is 5.75 Å². The molecule has 1 atom stereocenters. The van der Waals surface area contributed by atoms with E-state index in [1.807, 2.05) is 12.1 Å². The molecule has 0 aliphatic heterocycles. The fraction of sp³-hybridized carbons (Fsp3) is 0.0938. The highest BCUT2D eigenvalue weighted by molar-refractivity contribution is 8.00. The molecule has 4 aromatic rings. The Hall–Kier alpha value is -4.53. The van der Waals surface area contributed by atoms with Crippen LogP contribution in [0.1, 0.15) is 22.8 Å². The van der Waals surface area contributed by atoms with Crippen LogP contribution in [-0.2, 0) is 9.59 Å². The number of hydrogen-bond acceptors (Lipinski definition) is 5. The first-order valence-electron chi connectivity index (χ1n) is 12.7. The van der Waals surface area contributed by atoms with E-state index in [0.29, 0.717) is 33.3 Å². The molecule has 0 heterocycles. The summed E-state index contributed by atoms with van der Waals surface area (Å²) in [6.07, 6.45) is 1.59. The van der Waals surface area contributed by atoms with E-state index in [2.05, 4.69) is 16.0 Å². The van der Waals surface area contributed by atoms with Crippen molar-refractivity contribution in [2.24, 2.45) is 0 Å². The molecule has 3 N–H and O–H groups in total. The third-order valence-corrected chi connectivity index (χ3v) is 7.28. The van der Waals surface area contributed by atoms with Gasteiger partial charge < -0.3 is 20.7 Å². The Kier molecular flexibility index (Phi) is 10.2. The van der Waals surface area contributed by atoms with E-state index in [0.717, 1.165) is 4.90 Å². The molecule has 0 bridgehead atoms. The SMILES string of the molecule is COc1ccc(/C=C(/NC(=O)c2ccccc2)C(=O)Nc2cccc(SC(C)C(=O)Nc3ccccc3Cl)c2)cc1. The lowest BCUT2D eigenvalue weighted by Gasteiger charge is -2.14. The van der Waals surface area contributed by atoms with Gasteiger partial charge in [-0.05, 0) is 73.2 Å². The minimum atomic E-state index is -0.503. The van der Waals surface area contributed by atoms with Crippen LogP contribution in [0.5, 0.6) is 5.75 Å². The number of thioether (sulfide) groups is 1. The minimum absolute atomic E-state index is 0.0644. The molecule has 0 aliphatic carbocycles. The monoisotopic (exact) mass is 585 g/mol. The van der Waals surface area contributed by atoms with Crippen molar-refractivity contribution in [2.45, 2.75) is 17.1 Å². The van der Waals surface area contributed by atoms with E-state index < -0.39 is 17.1 Å². The van der Waals surface area contributed by atoms with Crippen molar-refractivity contribution in [1.29, 1.82) is 0 Å². The van der Waals surface area contributed by atoms with Gasteiger partial charge in [0.2, 0.25) is 5.91 Å². The molecule has 1 unspecified atom stereocenters. The van der Waals surface area contributed by atoms with Gasteiger partial charge >= 0.3 is 0 Å². The summed E-state index contributed by atoms with van der Waals surface area (Å²) in [7, 11) is 1.57. The van der Waals surface area contributed by atoms with Crippen molar-refractivity contribution in [1.82, 2.24) is 5.32 Å². The lowest BCUT2D eigenvalue weighted by molar-refractivity contribution is -0.115. The van der Waals surface area contributed by atoms with Crippen LogP contribution in [0.3, 0.4) is 0 Å². The van der Waals surface area contributed by atoms with Crippen LogP contribution in [0.15, 0.2) is 114 Å². The molecule has 7 nitrogen and oxygen atoms in total. The number of amides is 3. The maximum absolute atomic E-state index is 13.4. The molecule has 4 rings (SSSR count). The van der Waals surface area contributed by atoms with E-state index in [-0.39, 0.29) is 11.6 Å². The van der Waals surface area contributed by atoms with Gasteiger partial charge in [0.15, 0.2) is 0 Å². The Bertz CT molecular complexity index is 1560. The van der Waals surface area contributed by atoms with Gasteiger partial charge in [-0.1, -0.05) is 60.1 Å². The Morgan fingerprint density at radius 3 is 2.27 bits per heavy atom. The number of ether oxygens (including phenoxy) is 1. The molecule has 208 valence electrons. The number of methoxy groups -OCH3 is 1. The second kappa shape index (κ2) is 14.2. The van der Waals surface area contributed by atoms with Crippen molar-refractivity contribution in [2.75, 3.05) is 17.7 Å². The van der Waals surface area contributed by atoms with Crippen LogP contribution in [0, 0.1) is 0 Å². The fourth-order valence-electron chi connectivity index (χ4n) is 3.71. The fourth-order valence-corrected chi connectivity index (χ4v) is 4.82. The molecule has 0 radical (unpaired) electrons. The Morgan fingerprint density at radius 1 is 0.854 bits per heavy atom. The number of benzene rings is 4. The smallest absolute Gasteiger partial charge is 0.272 e. The molecular weight excluding hydrogens is 558 g/mol. The summed E-state index contributed by atoms with van der Waals surface area (Å²) in [5, 5.41) is 8.44. The molecule has 0 spiro atoms. The highest BCUT2D eigenvalue weighted by Gasteiger charge is 2.18. The Labute approximate surface area is 248 Å². The summed E-state index contributed by atoms with van der Waals surface area (Å²) in [6.45, 7) is 1.79. The van der Waals surface area contributed by atoms with Gasteiger partial charge in [-0.2, -0.15) is 0 Å². The molecule has 3 amide bonds. The standard InChI is InChI=1S/C32H28ClN3O4S/c1-21(30(37)35-28-14-7-6-13-27(28)33)41-26-12-8-11-24(20-26)34-32(39)29(19-22-15-17-25(40-2)18-16-22)36-31(38)23-9-4-3-5-10-23/h3-21H,1-2H3,(H,34,39)(H,35,37)(H,36,38)/b29-19+. The van der Waals surface area contributed by atoms with Crippen molar-refractivity contribution < 1.29 is 19.1 Å². The van der Waals surface area contributed by atoms with Crippen molar-refractivity contribution in [3.63, 3.8) is 0 Å². The van der Waals surface area contributed by atoms with E-state index in [1.165, 1.54) is 11.8 Å². The number of para-hydroxylation sites is 1. The van der Waals surface area contributed by atoms with Gasteiger partial charge in [-0.15, -0.1) is 11.8 Å². The lowest BCUT2D eigenvalue weighted by Crippen LogP contribution is -2.30. The van der Waals surface area contributed by atoms with Crippen LogP contribution >= 0.6 is 23.4 Å². The topological polar surface area (TPSA) is 96.5 Å². The van der Waals surface area contributed by atoms with Gasteiger partial charge in [-0.25, -0.2) is 0 Å². The first-order valence-corrected chi connectivity index (χ1v) is 13.9. The molecule has 0 saturated heterocycles. The van der Waals surface area contributed by atoms with Crippen molar-refractivity contribution >= 4 is 58.5 Å². The van der Waals surface area contributed by atoms with Crippen LogP contribution in [0.25, 0.3) is 6.08 Å².